The number of nitrogens with one attached hydrogen (secondary N) is 1. The SMILES string of the molecule is Cc1cc(C2CCC2)oc(=O)c1C(=O)Nc1ccccc1Cn1ccnc1C. The number of imidazole rings is 1. The molecule has 144 valence electrons. The quantitative estimate of drug-likeness (QED) is 0.728. The van der Waals surface area contributed by atoms with Crippen LogP contribution < -0.4 is 10.9 Å². The Balaban J connectivity index is 1.59. The van der Waals surface area contributed by atoms with Gasteiger partial charge in [0.1, 0.15) is 17.1 Å². The van der Waals surface area contributed by atoms with Crippen LogP contribution in [0.5, 0.6) is 0 Å². The summed E-state index contributed by atoms with van der Waals surface area (Å²) in [6, 6.07) is 9.39. The molecule has 0 spiro atoms. The Morgan fingerprint density at radius 1 is 1.29 bits per heavy atom. The fraction of sp³-hybridized carbons (Fsp3) is 0.318. The van der Waals surface area contributed by atoms with Crippen LogP contribution in [0.25, 0.3) is 0 Å². The first-order valence-corrected chi connectivity index (χ1v) is 9.54. The van der Waals surface area contributed by atoms with Gasteiger partial charge in [-0.3, -0.25) is 4.79 Å². The summed E-state index contributed by atoms with van der Waals surface area (Å²) >= 11 is 0. The lowest BCUT2D eigenvalue weighted by molar-refractivity contribution is 0.102. The molecule has 0 bridgehead atoms. The fourth-order valence-corrected chi connectivity index (χ4v) is 3.52. The number of nitrogens with zero attached hydrogens (tertiary/aromatic N) is 2. The van der Waals surface area contributed by atoms with Gasteiger partial charge >= 0.3 is 5.63 Å². The molecule has 1 amide bonds. The Labute approximate surface area is 163 Å². The molecule has 1 aromatic carbocycles. The number of aromatic nitrogens is 2. The van der Waals surface area contributed by atoms with Crippen LogP contribution in [0.2, 0.25) is 0 Å². The molecule has 2 heterocycles. The molecule has 0 aliphatic heterocycles. The van der Waals surface area contributed by atoms with Crippen LogP contribution in [0, 0.1) is 13.8 Å². The van der Waals surface area contributed by atoms with Crippen LogP contribution in [0.3, 0.4) is 0 Å². The van der Waals surface area contributed by atoms with Crippen LogP contribution in [0.4, 0.5) is 5.69 Å². The van der Waals surface area contributed by atoms with Gasteiger partial charge in [-0.15, -0.1) is 0 Å². The summed E-state index contributed by atoms with van der Waals surface area (Å²) in [6.07, 6.45) is 6.87. The number of para-hydroxylation sites is 1. The lowest BCUT2D eigenvalue weighted by Gasteiger charge is -2.24. The Morgan fingerprint density at radius 3 is 2.71 bits per heavy atom. The van der Waals surface area contributed by atoms with E-state index >= 15 is 0 Å². The third-order valence-corrected chi connectivity index (χ3v) is 5.43. The Morgan fingerprint density at radius 2 is 2.07 bits per heavy atom. The maximum atomic E-state index is 12.9. The van der Waals surface area contributed by atoms with Crippen LogP contribution in [0.1, 0.15) is 58.2 Å². The number of carbonyl (C=O) groups is 1. The van der Waals surface area contributed by atoms with Gasteiger partial charge < -0.3 is 14.3 Å². The number of benzene rings is 1. The summed E-state index contributed by atoms with van der Waals surface area (Å²) in [5.74, 6) is 1.45. The largest absolute Gasteiger partial charge is 0.427 e. The standard InChI is InChI=1S/C22H23N3O3/c1-14-12-19(16-7-5-8-16)28-22(27)20(14)21(26)24-18-9-4-3-6-17(18)13-25-11-10-23-15(25)2/h3-4,6,9-12,16H,5,7-8,13H2,1-2H3,(H,24,26). The highest BCUT2D eigenvalue weighted by molar-refractivity contribution is 6.05. The molecular weight excluding hydrogens is 354 g/mol. The molecule has 1 aliphatic rings. The van der Waals surface area contributed by atoms with Crippen molar-refractivity contribution in [2.24, 2.45) is 0 Å². The summed E-state index contributed by atoms with van der Waals surface area (Å²) in [5, 5.41) is 2.88. The Kier molecular flexibility index (Phi) is 4.86. The van der Waals surface area contributed by atoms with E-state index in [1.54, 1.807) is 13.1 Å². The van der Waals surface area contributed by atoms with Gasteiger partial charge in [0, 0.05) is 24.0 Å². The van der Waals surface area contributed by atoms with Gasteiger partial charge in [0.2, 0.25) is 0 Å². The maximum absolute atomic E-state index is 12.9. The van der Waals surface area contributed by atoms with Crippen molar-refractivity contribution in [3.8, 4) is 0 Å². The third kappa shape index (κ3) is 3.50. The highest BCUT2D eigenvalue weighted by Crippen LogP contribution is 2.36. The molecule has 0 saturated heterocycles. The maximum Gasteiger partial charge on any atom is 0.349 e. The predicted octanol–water partition coefficient (Wildman–Crippen LogP) is 4.02. The zero-order valence-electron chi connectivity index (χ0n) is 16.1. The molecule has 0 radical (unpaired) electrons. The van der Waals surface area contributed by atoms with Crippen LogP contribution in [-0.4, -0.2) is 15.5 Å². The number of carbonyl (C=O) groups excluding carboxylic acids is 1. The Hall–Kier alpha value is -3.15. The minimum absolute atomic E-state index is 0.0664. The minimum Gasteiger partial charge on any atom is -0.427 e. The average Bonchev–Trinajstić information content (AvgIpc) is 2.99. The molecule has 3 aromatic rings. The van der Waals surface area contributed by atoms with E-state index in [9.17, 15) is 9.59 Å². The van der Waals surface area contributed by atoms with Crippen molar-refractivity contribution >= 4 is 11.6 Å². The molecule has 2 aromatic heterocycles. The van der Waals surface area contributed by atoms with E-state index in [4.69, 9.17) is 4.42 Å². The molecule has 1 saturated carbocycles. The molecule has 0 unspecified atom stereocenters. The van der Waals surface area contributed by atoms with Crippen molar-refractivity contribution in [2.75, 3.05) is 5.32 Å². The lowest BCUT2D eigenvalue weighted by Crippen LogP contribution is -2.24. The van der Waals surface area contributed by atoms with Gasteiger partial charge in [-0.05, 0) is 49.9 Å². The van der Waals surface area contributed by atoms with Crippen LogP contribution in [-0.2, 0) is 6.54 Å². The summed E-state index contributed by atoms with van der Waals surface area (Å²) in [4.78, 5) is 29.6. The van der Waals surface area contributed by atoms with Gasteiger partial charge in [-0.25, -0.2) is 9.78 Å². The van der Waals surface area contributed by atoms with Gasteiger partial charge in [0.15, 0.2) is 0 Å². The molecule has 6 nitrogen and oxygen atoms in total. The van der Waals surface area contributed by atoms with Gasteiger partial charge in [-0.2, -0.15) is 0 Å². The molecule has 0 atom stereocenters. The molecule has 6 heteroatoms. The van der Waals surface area contributed by atoms with Crippen molar-refractivity contribution in [2.45, 2.75) is 45.6 Å². The van der Waals surface area contributed by atoms with Gasteiger partial charge in [0.05, 0.1) is 6.54 Å². The van der Waals surface area contributed by atoms with E-state index in [2.05, 4.69) is 10.3 Å². The highest BCUT2D eigenvalue weighted by atomic mass is 16.4. The molecular formula is C22H23N3O3. The van der Waals surface area contributed by atoms with E-state index in [0.29, 0.717) is 29.5 Å². The zero-order valence-corrected chi connectivity index (χ0v) is 16.1. The zero-order chi connectivity index (χ0) is 19.7. The predicted molar refractivity (Wildman–Crippen MR) is 107 cm³/mol. The van der Waals surface area contributed by atoms with Crippen molar-refractivity contribution in [1.82, 2.24) is 9.55 Å². The molecule has 1 aliphatic carbocycles. The normalized spacial score (nSPS) is 13.9. The first-order valence-electron chi connectivity index (χ1n) is 9.54. The summed E-state index contributed by atoms with van der Waals surface area (Å²) in [7, 11) is 0. The van der Waals surface area contributed by atoms with Gasteiger partial charge in [0.25, 0.3) is 5.91 Å². The second-order valence-corrected chi connectivity index (χ2v) is 7.34. The lowest BCUT2D eigenvalue weighted by atomic mass is 9.83. The van der Waals surface area contributed by atoms with Gasteiger partial charge in [-0.1, -0.05) is 24.6 Å². The van der Waals surface area contributed by atoms with Crippen molar-refractivity contribution in [3.05, 3.63) is 81.4 Å². The smallest absolute Gasteiger partial charge is 0.349 e. The third-order valence-electron chi connectivity index (χ3n) is 5.43. The first kappa shape index (κ1) is 18.2. The molecule has 28 heavy (non-hydrogen) atoms. The number of hydrogen-bond acceptors (Lipinski definition) is 4. The second kappa shape index (κ2) is 7.46. The molecule has 1 N–H and O–H groups in total. The topological polar surface area (TPSA) is 77.1 Å². The summed E-state index contributed by atoms with van der Waals surface area (Å²) in [5.41, 5.74) is 1.75. The second-order valence-electron chi connectivity index (χ2n) is 7.34. The number of amides is 1. The van der Waals surface area contributed by atoms with E-state index in [-0.39, 0.29) is 5.56 Å². The molecule has 4 rings (SSSR count). The van der Waals surface area contributed by atoms with E-state index in [0.717, 1.165) is 30.7 Å². The first-order chi connectivity index (χ1) is 13.5. The fourth-order valence-electron chi connectivity index (χ4n) is 3.52. The van der Waals surface area contributed by atoms with E-state index in [1.807, 2.05) is 48.0 Å². The van der Waals surface area contributed by atoms with Crippen molar-refractivity contribution in [1.29, 1.82) is 0 Å². The number of hydrogen-bond donors (Lipinski definition) is 1. The average molecular weight is 377 g/mol. The molecule has 1 fully saturated rings. The van der Waals surface area contributed by atoms with Crippen LogP contribution >= 0.6 is 0 Å². The minimum atomic E-state index is -0.567. The summed E-state index contributed by atoms with van der Waals surface area (Å²) in [6.45, 7) is 4.30. The highest BCUT2D eigenvalue weighted by Gasteiger charge is 2.25. The van der Waals surface area contributed by atoms with Crippen molar-refractivity contribution < 1.29 is 9.21 Å². The van der Waals surface area contributed by atoms with Crippen molar-refractivity contribution in [3.63, 3.8) is 0 Å². The van der Waals surface area contributed by atoms with E-state index < -0.39 is 11.5 Å². The van der Waals surface area contributed by atoms with Crippen LogP contribution in [0.15, 0.2) is 51.9 Å². The number of aryl methyl sites for hydroxylation is 2. The number of rotatable bonds is 5. The van der Waals surface area contributed by atoms with E-state index in [1.165, 1.54) is 0 Å². The number of anilines is 1. The Bertz CT molecular complexity index is 1080. The monoisotopic (exact) mass is 377 g/mol. The summed E-state index contributed by atoms with van der Waals surface area (Å²) < 4.78 is 7.45.